The Morgan fingerprint density at radius 3 is 1.65 bits per heavy atom. The van der Waals surface area contributed by atoms with Crippen molar-refractivity contribution >= 4 is 0 Å². The van der Waals surface area contributed by atoms with Gasteiger partial charge >= 0.3 is 0 Å². The Morgan fingerprint density at radius 2 is 1.20 bits per heavy atom. The Labute approximate surface area is 127 Å². The van der Waals surface area contributed by atoms with Gasteiger partial charge < -0.3 is 4.90 Å². The van der Waals surface area contributed by atoms with Gasteiger partial charge in [-0.3, -0.25) is 0 Å². The van der Waals surface area contributed by atoms with Crippen LogP contribution >= 0.6 is 0 Å². The molecule has 0 aliphatic heterocycles. The number of hydrogen-bond acceptors (Lipinski definition) is 1. The number of hydrogen-bond donors (Lipinski definition) is 0. The summed E-state index contributed by atoms with van der Waals surface area (Å²) in [6.45, 7) is 9.48. The van der Waals surface area contributed by atoms with Crippen molar-refractivity contribution in [2.45, 2.75) is 91.0 Å². The minimum atomic E-state index is 0.901. The second kappa shape index (κ2) is 8.41. The summed E-state index contributed by atoms with van der Waals surface area (Å²) in [6, 6.07) is 0.901. The van der Waals surface area contributed by atoms with E-state index in [1.165, 1.54) is 64.5 Å². The second-order valence-electron chi connectivity index (χ2n) is 7.36. The van der Waals surface area contributed by atoms with E-state index in [9.17, 15) is 0 Å². The van der Waals surface area contributed by atoms with Crippen LogP contribution in [0.25, 0.3) is 0 Å². The maximum atomic E-state index is 2.69. The fourth-order valence-electron chi connectivity index (χ4n) is 5.03. The summed E-state index contributed by atoms with van der Waals surface area (Å²) in [7, 11) is 0. The van der Waals surface area contributed by atoms with Crippen molar-refractivity contribution in [3.8, 4) is 0 Å². The predicted molar refractivity (Wildman–Crippen MR) is 89.0 cm³/mol. The molecule has 0 aromatic rings. The van der Waals surface area contributed by atoms with Crippen molar-refractivity contribution in [2.75, 3.05) is 13.1 Å². The van der Waals surface area contributed by atoms with Gasteiger partial charge in [0, 0.05) is 6.04 Å². The Morgan fingerprint density at radius 1 is 0.700 bits per heavy atom. The molecule has 0 radical (unpaired) electrons. The molecule has 0 bridgehead atoms. The van der Waals surface area contributed by atoms with Crippen LogP contribution in [0.4, 0.5) is 0 Å². The topological polar surface area (TPSA) is 3.24 Å². The van der Waals surface area contributed by atoms with E-state index in [-0.39, 0.29) is 0 Å². The molecule has 0 saturated heterocycles. The minimum absolute atomic E-state index is 0.901. The van der Waals surface area contributed by atoms with Crippen molar-refractivity contribution in [2.24, 2.45) is 17.8 Å². The van der Waals surface area contributed by atoms with Crippen molar-refractivity contribution in [3.05, 3.63) is 0 Å². The lowest BCUT2D eigenvalue weighted by Crippen LogP contribution is -2.39. The molecule has 0 unspecified atom stereocenters. The number of nitrogens with zero attached hydrogens (tertiary/aromatic N) is 1. The van der Waals surface area contributed by atoms with Gasteiger partial charge in [-0.15, -0.1) is 0 Å². The van der Waals surface area contributed by atoms with Gasteiger partial charge in [-0.25, -0.2) is 0 Å². The van der Waals surface area contributed by atoms with Crippen LogP contribution < -0.4 is 0 Å². The Bertz CT molecular complexity index is 242. The van der Waals surface area contributed by atoms with Crippen LogP contribution in [-0.2, 0) is 0 Å². The summed E-state index contributed by atoms with van der Waals surface area (Å²) < 4.78 is 0. The van der Waals surface area contributed by atoms with Crippen molar-refractivity contribution in [3.63, 3.8) is 0 Å². The largest absolute Gasteiger partial charge is 0.301 e. The molecular weight excluding hydrogens is 242 g/mol. The first-order valence-electron chi connectivity index (χ1n) is 9.52. The Kier molecular flexibility index (Phi) is 6.87. The Balaban J connectivity index is 1.72. The van der Waals surface area contributed by atoms with E-state index < -0.39 is 0 Å². The van der Waals surface area contributed by atoms with Crippen LogP contribution in [0.5, 0.6) is 0 Å². The molecule has 0 aromatic heterocycles. The quantitative estimate of drug-likeness (QED) is 0.621. The van der Waals surface area contributed by atoms with Crippen molar-refractivity contribution < 1.29 is 0 Å². The molecule has 20 heavy (non-hydrogen) atoms. The van der Waals surface area contributed by atoms with Crippen molar-refractivity contribution in [1.82, 2.24) is 4.90 Å². The molecular formula is C19H37N. The van der Waals surface area contributed by atoms with Gasteiger partial charge in [0.05, 0.1) is 0 Å². The molecule has 1 heteroatoms. The summed E-state index contributed by atoms with van der Waals surface area (Å²) in [5.41, 5.74) is 0. The summed E-state index contributed by atoms with van der Waals surface area (Å²) >= 11 is 0. The van der Waals surface area contributed by atoms with Crippen LogP contribution in [0.1, 0.15) is 85.0 Å². The van der Waals surface area contributed by atoms with Crippen LogP contribution in [0.15, 0.2) is 0 Å². The summed E-state index contributed by atoms with van der Waals surface area (Å²) in [6.07, 6.45) is 15.0. The predicted octanol–water partition coefficient (Wildman–Crippen LogP) is 5.49. The molecule has 1 nitrogen and oxygen atoms in total. The summed E-state index contributed by atoms with van der Waals surface area (Å²) in [4.78, 5) is 2.69. The molecule has 0 spiro atoms. The lowest BCUT2D eigenvalue weighted by Gasteiger charge is -2.40. The lowest BCUT2D eigenvalue weighted by atomic mass is 9.69. The summed E-state index contributed by atoms with van der Waals surface area (Å²) in [5, 5.41) is 0. The van der Waals surface area contributed by atoms with Gasteiger partial charge in [0.25, 0.3) is 0 Å². The van der Waals surface area contributed by atoms with E-state index in [0.29, 0.717) is 0 Å². The molecule has 0 atom stereocenters. The normalized spacial score (nSPS) is 35.4. The van der Waals surface area contributed by atoms with Gasteiger partial charge in [-0.1, -0.05) is 46.5 Å². The van der Waals surface area contributed by atoms with Crippen LogP contribution in [-0.4, -0.2) is 24.0 Å². The highest BCUT2D eigenvalue weighted by Crippen LogP contribution is 2.41. The Hall–Kier alpha value is -0.0400. The van der Waals surface area contributed by atoms with Gasteiger partial charge in [-0.05, 0) is 69.4 Å². The van der Waals surface area contributed by atoms with Gasteiger partial charge in [-0.2, -0.15) is 0 Å². The highest BCUT2D eigenvalue weighted by atomic mass is 15.1. The molecule has 0 heterocycles. The average Bonchev–Trinajstić information content (AvgIpc) is 2.50. The first-order valence-corrected chi connectivity index (χ1v) is 9.52. The monoisotopic (exact) mass is 279 g/mol. The molecule has 2 aliphatic carbocycles. The van der Waals surface area contributed by atoms with Crippen molar-refractivity contribution in [1.29, 1.82) is 0 Å². The third-order valence-corrected chi connectivity index (χ3v) is 6.33. The van der Waals surface area contributed by atoms with Crippen LogP contribution in [0, 0.1) is 17.8 Å². The molecule has 2 rings (SSSR count). The molecule has 2 aliphatic rings. The van der Waals surface area contributed by atoms with Gasteiger partial charge in [0.2, 0.25) is 0 Å². The second-order valence-corrected chi connectivity index (χ2v) is 7.36. The number of rotatable bonds is 6. The first kappa shape index (κ1) is 16.3. The smallest absolute Gasteiger partial charge is 0.00952 e. The zero-order valence-corrected chi connectivity index (χ0v) is 14.2. The van der Waals surface area contributed by atoms with E-state index in [0.717, 1.165) is 23.8 Å². The average molecular weight is 280 g/mol. The summed E-state index contributed by atoms with van der Waals surface area (Å²) in [5.74, 6) is 3.23. The molecule has 118 valence electrons. The third-order valence-electron chi connectivity index (χ3n) is 6.33. The SMILES string of the molecule is CCCC1CCC(C2CCC(N(CC)CC)CC2)CC1. The van der Waals surface area contributed by atoms with E-state index in [1.807, 2.05) is 0 Å². The molecule has 0 amide bonds. The van der Waals surface area contributed by atoms with E-state index in [4.69, 9.17) is 0 Å². The minimum Gasteiger partial charge on any atom is -0.301 e. The van der Waals surface area contributed by atoms with E-state index in [2.05, 4.69) is 25.7 Å². The van der Waals surface area contributed by atoms with E-state index >= 15 is 0 Å². The lowest BCUT2D eigenvalue weighted by molar-refractivity contribution is 0.104. The fraction of sp³-hybridized carbons (Fsp3) is 1.00. The highest BCUT2D eigenvalue weighted by Gasteiger charge is 2.31. The zero-order valence-electron chi connectivity index (χ0n) is 14.2. The maximum Gasteiger partial charge on any atom is 0.00952 e. The first-order chi connectivity index (χ1) is 9.78. The van der Waals surface area contributed by atoms with Crippen LogP contribution in [0.3, 0.4) is 0 Å². The highest BCUT2D eigenvalue weighted by molar-refractivity contribution is 4.84. The van der Waals surface area contributed by atoms with Gasteiger partial charge in [0.1, 0.15) is 0 Å². The fourth-order valence-corrected chi connectivity index (χ4v) is 5.03. The molecule has 0 N–H and O–H groups in total. The standard InChI is InChI=1S/C19H37N/c1-4-7-16-8-10-17(11-9-16)18-12-14-19(15-13-18)20(5-2)6-3/h16-19H,4-15H2,1-3H3. The third kappa shape index (κ3) is 4.23. The molecule has 2 fully saturated rings. The van der Waals surface area contributed by atoms with E-state index in [1.54, 1.807) is 12.8 Å². The maximum absolute atomic E-state index is 2.69. The molecule has 0 aromatic carbocycles. The van der Waals surface area contributed by atoms with Gasteiger partial charge in [0.15, 0.2) is 0 Å². The zero-order chi connectivity index (χ0) is 14.4. The molecule has 2 saturated carbocycles. The van der Waals surface area contributed by atoms with Crippen LogP contribution in [0.2, 0.25) is 0 Å².